The summed E-state index contributed by atoms with van der Waals surface area (Å²) < 4.78 is 17.8. The molecule has 0 aliphatic rings. The van der Waals surface area contributed by atoms with Gasteiger partial charge in [0.1, 0.15) is 5.82 Å². The Bertz CT molecular complexity index is 784. The number of nitrogens with two attached hydrogens (primary N) is 1. The fraction of sp³-hybridized carbons (Fsp3) is 0.200. The second kappa shape index (κ2) is 5.40. The average Bonchev–Trinajstić information content (AvgIpc) is 2.94. The third kappa shape index (κ3) is 2.65. The minimum atomic E-state index is -0.210. The number of hydrogen-bond acceptors (Lipinski definition) is 5. The Labute approximate surface area is 120 Å². The Morgan fingerprint density at radius 1 is 1.19 bits per heavy atom. The molecule has 1 heterocycles. The molecule has 0 radical (unpaired) electrons. The van der Waals surface area contributed by atoms with E-state index in [1.807, 2.05) is 19.1 Å². The summed E-state index contributed by atoms with van der Waals surface area (Å²) in [5.41, 5.74) is 10.4. The monoisotopic (exact) mass is 286 g/mol. The van der Waals surface area contributed by atoms with Crippen molar-refractivity contribution in [2.75, 3.05) is 17.6 Å². The van der Waals surface area contributed by atoms with Crippen molar-refractivity contribution in [2.45, 2.75) is 13.3 Å². The van der Waals surface area contributed by atoms with Crippen LogP contribution in [0.25, 0.3) is 11.0 Å². The second-order valence-electron chi connectivity index (χ2n) is 4.91. The molecule has 0 amide bonds. The molecule has 0 spiro atoms. The fourth-order valence-electron chi connectivity index (χ4n) is 2.30. The third-order valence-corrected chi connectivity index (χ3v) is 3.46. The van der Waals surface area contributed by atoms with E-state index in [1.54, 1.807) is 6.07 Å². The number of aryl methyl sites for hydroxylation is 1. The number of anilines is 2. The Balaban J connectivity index is 1.72. The maximum absolute atomic E-state index is 13.1. The predicted octanol–water partition coefficient (Wildman–Crippen LogP) is 2.91. The number of fused-ring (bicyclic) bond motifs is 1. The zero-order valence-corrected chi connectivity index (χ0v) is 11.6. The topological polar surface area (TPSA) is 77.0 Å². The van der Waals surface area contributed by atoms with Crippen LogP contribution in [-0.4, -0.2) is 16.9 Å². The molecule has 0 atom stereocenters. The van der Waals surface area contributed by atoms with Crippen molar-refractivity contribution in [3.63, 3.8) is 0 Å². The van der Waals surface area contributed by atoms with Gasteiger partial charge in [-0.25, -0.2) is 9.02 Å². The quantitative estimate of drug-likeness (QED) is 0.721. The lowest BCUT2D eigenvalue weighted by Gasteiger charge is -2.09. The molecule has 0 aliphatic heterocycles. The first kappa shape index (κ1) is 13.4. The number of nitrogen functional groups attached to an aromatic ring is 1. The first-order chi connectivity index (χ1) is 10.1. The van der Waals surface area contributed by atoms with Gasteiger partial charge in [-0.1, -0.05) is 6.07 Å². The normalized spacial score (nSPS) is 11.0. The van der Waals surface area contributed by atoms with Crippen LogP contribution in [0.5, 0.6) is 0 Å². The highest BCUT2D eigenvalue weighted by atomic mass is 19.1. The lowest BCUT2D eigenvalue weighted by molar-refractivity contribution is 0.316. The number of benzene rings is 2. The molecule has 2 aromatic carbocycles. The molecule has 5 nitrogen and oxygen atoms in total. The molecular formula is C15H15FN4O. The molecule has 3 N–H and O–H groups in total. The summed E-state index contributed by atoms with van der Waals surface area (Å²) in [4.78, 5) is 0. The third-order valence-electron chi connectivity index (χ3n) is 3.46. The van der Waals surface area contributed by atoms with Gasteiger partial charge in [-0.3, -0.25) is 0 Å². The van der Waals surface area contributed by atoms with Crippen LogP contribution in [0.15, 0.2) is 35.0 Å². The van der Waals surface area contributed by atoms with Crippen molar-refractivity contribution in [1.82, 2.24) is 10.3 Å². The van der Waals surface area contributed by atoms with Crippen LogP contribution >= 0.6 is 0 Å². The number of hydrogen-bond donors (Lipinski definition) is 2. The molecule has 1 aromatic heterocycles. The van der Waals surface area contributed by atoms with E-state index < -0.39 is 0 Å². The second-order valence-corrected chi connectivity index (χ2v) is 4.91. The number of rotatable bonds is 4. The van der Waals surface area contributed by atoms with Gasteiger partial charge in [0.05, 0.1) is 11.4 Å². The smallest absolute Gasteiger partial charge is 0.160 e. The Morgan fingerprint density at radius 2 is 2.00 bits per heavy atom. The highest BCUT2D eigenvalue weighted by molar-refractivity contribution is 5.94. The van der Waals surface area contributed by atoms with Crippen molar-refractivity contribution >= 4 is 22.4 Å². The molecule has 108 valence electrons. The lowest BCUT2D eigenvalue weighted by Crippen LogP contribution is -2.06. The largest absolute Gasteiger partial charge is 0.397 e. The minimum Gasteiger partial charge on any atom is -0.397 e. The summed E-state index contributed by atoms with van der Waals surface area (Å²) >= 11 is 0. The summed E-state index contributed by atoms with van der Waals surface area (Å²) in [7, 11) is 0. The number of aromatic nitrogens is 2. The van der Waals surface area contributed by atoms with Gasteiger partial charge in [-0.2, -0.15) is 0 Å². The highest BCUT2D eigenvalue weighted by Gasteiger charge is 2.09. The number of halogens is 1. The number of nitrogens with zero attached hydrogens (tertiary/aromatic N) is 2. The van der Waals surface area contributed by atoms with Gasteiger partial charge in [-0.15, -0.1) is 0 Å². The van der Waals surface area contributed by atoms with Crippen LogP contribution in [0.2, 0.25) is 0 Å². The van der Waals surface area contributed by atoms with Crippen LogP contribution in [0.1, 0.15) is 11.1 Å². The lowest BCUT2D eigenvalue weighted by atomic mass is 10.1. The van der Waals surface area contributed by atoms with E-state index in [4.69, 9.17) is 10.4 Å². The van der Waals surface area contributed by atoms with Gasteiger partial charge < -0.3 is 11.1 Å². The van der Waals surface area contributed by atoms with Crippen LogP contribution in [0, 0.1) is 12.7 Å². The number of nitrogens with one attached hydrogen (secondary N) is 1. The molecule has 21 heavy (non-hydrogen) atoms. The summed E-state index contributed by atoms with van der Waals surface area (Å²) in [5.74, 6) is -0.210. The highest BCUT2D eigenvalue weighted by Crippen LogP contribution is 2.25. The Kier molecular flexibility index (Phi) is 3.43. The molecule has 6 heteroatoms. The average molecular weight is 286 g/mol. The fourth-order valence-corrected chi connectivity index (χ4v) is 2.30. The predicted molar refractivity (Wildman–Crippen MR) is 79.5 cm³/mol. The minimum absolute atomic E-state index is 0.210. The maximum Gasteiger partial charge on any atom is 0.160 e. The molecule has 3 rings (SSSR count). The van der Waals surface area contributed by atoms with Crippen LogP contribution in [0.3, 0.4) is 0 Å². The molecule has 0 saturated carbocycles. The van der Waals surface area contributed by atoms with Gasteiger partial charge in [0.25, 0.3) is 0 Å². The Hall–Kier alpha value is -2.63. The standard InChI is InChI=1S/C15H15FN4O/c1-9-8-11(16)3-2-10(9)6-7-18-13-5-4-12(17)14-15(13)20-21-19-14/h2-5,8,18H,6-7,17H2,1H3. The van der Waals surface area contributed by atoms with Crippen molar-refractivity contribution < 1.29 is 9.02 Å². The molecule has 0 unspecified atom stereocenters. The zero-order chi connectivity index (χ0) is 14.8. The first-order valence-corrected chi connectivity index (χ1v) is 6.65. The van der Waals surface area contributed by atoms with Crippen LogP contribution in [-0.2, 0) is 6.42 Å². The van der Waals surface area contributed by atoms with Crippen LogP contribution < -0.4 is 11.1 Å². The van der Waals surface area contributed by atoms with Gasteiger partial charge >= 0.3 is 0 Å². The van der Waals surface area contributed by atoms with Gasteiger partial charge in [-0.05, 0) is 59.1 Å². The molecule has 0 saturated heterocycles. The van der Waals surface area contributed by atoms with E-state index in [1.165, 1.54) is 12.1 Å². The Morgan fingerprint density at radius 3 is 2.81 bits per heavy atom. The van der Waals surface area contributed by atoms with E-state index in [9.17, 15) is 4.39 Å². The van der Waals surface area contributed by atoms with E-state index in [0.717, 1.165) is 23.2 Å². The van der Waals surface area contributed by atoms with Gasteiger partial charge in [0, 0.05) is 6.54 Å². The van der Waals surface area contributed by atoms with Crippen molar-refractivity contribution in [1.29, 1.82) is 0 Å². The maximum atomic E-state index is 13.1. The van der Waals surface area contributed by atoms with E-state index in [-0.39, 0.29) is 5.82 Å². The van der Waals surface area contributed by atoms with Crippen molar-refractivity contribution in [2.24, 2.45) is 0 Å². The first-order valence-electron chi connectivity index (χ1n) is 6.65. The van der Waals surface area contributed by atoms with Crippen molar-refractivity contribution in [3.8, 4) is 0 Å². The zero-order valence-electron chi connectivity index (χ0n) is 11.6. The van der Waals surface area contributed by atoms with Gasteiger partial charge in [0.15, 0.2) is 11.0 Å². The van der Waals surface area contributed by atoms with Gasteiger partial charge in [0.2, 0.25) is 0 Å². The van der Waals surface area contributed by atoms with E-state index in [0.29, 0.717) is 23.3 Å². The molecule has 3 aromatic rings. The molecule has 0 fully saturated rings. The summed E-state index contributed by atoms with van der Waals surface area (Å²) in [6.45, 7) is 2.60. The molecular weight excluding hydrogens is 271 g/mol. The summed E-state index contributed by atoms with van der Waals surface area (Å²) in [6, 6.07) is 8.43. The summed E-state index contributed by atoms with van der Waals surface area (Å²) in [5, 5.41) is 10.9. The van der Waals surface area contributed by atoms with E-state index >= 15 is 0 Å². The molecule has 0 bridgehead atoms. The SMILES string of the molecule is Cc1cc(F)ccc1CCNc1ccc(N)c2nonc12. The van der Waals surface area contributed by atoms with E-state index in [2.05, 4.69) is 15.6 Å². The van der Waals surface area contributed by atoms with Crippen molar-refractivity contribution in [3.05, 3.63) is 47.3 Å². The summed E-state index contributed by atoms with van der Waals surface area (Å²) in [6.07, 6.45) is 0.781. The van der Waals surface area contributed by atoms with Crippen LogP contribution in [0.4, 0.5) is 15.8 Å². The molecule has 0 aliphatic carbocycles.